The van der Waals surface area contributed by atoms with Gasteiger partial charge in [0.25, 0.3) is 0 Å². The van der Waals surface area contributed by atoms with Crippen molar-refractivity contribution < 1.29 is 24.5 Å². The fraction of sp³-hybridized carbons (Fsp3) is 0.151. The van der Waals surface area contributed by atoms with Gasteiger partial charge in [-0.15, -0.1) is 0 Å². The quantitative estimate of drug-likeness (QED) is 0.149. The molecule has 0 amide bonds. The fourth-order valence-electron chi connectivity index (χ4n) is 6.78. The first-order chi connectivity index (χ1) is 28.1. The molecular formula is C53H51IrN3OSi. The molecule has 297 valence electrons. The van der Waals surface area contributed by atoms with E-state index in [0.29, 0.717) is 11.8 Å². The van der Waals surface area contributed by atoms with E-state index >= 15 is 0 Å². The van der Waals surface area contributed by atoms with Crippen molar-refractivity contribution >= 4 is 35.2 Å². The van der Waals surface area contributed by atoms with Crippen LogP contribution >= 0.6 is 0 Å². The molecule has 9 aromatic rings. The molecule has 0 aliphatic carbocycles. The Morgan fingerprint density at radius 2 is 1.03 bits per heavy atom. The van der Waals surface area contributed by atoms with Gasteiger partial charge < -0.3 is 4.42 Å². The van der Waals surface area contributed by atoms with Crippen LogP contribution in [0.1, 0.15) is 32.3 Å². The van der Waals surface area contributed by atoms with E-state index in [1.807, 2.05) is 79.3 Å². The van der Waals surface area contributed by atoms with Gasteiger partial charge in [0, 0.05) is 66.2 Å². The molecule has 0 saturated heterocycles. The van der Waals surface area contributed by atoms with Crippen LogP contribution in [0.15, 0.2) is 193 Å². The zero-order valence-corrected chi connectivity index (χ0v) is 38.0. The van der Waals surface area contributed by atoms with Crippen molar-refractivity contribution in [1.82, 2.24) is 15.0 Å². The van der Waals surface area contributed by atoms with Crippen LogP contribution < -0.4 is 5.19 Å². The van der Waals surface area contributed by atoms with Gasteiger partial charge in [0.15, 0.2) is 0 Å². The maximum atomic E-state index is 6.18. The van der Waals surface area contributed by atoms with Crippen molar-refractivity contribution in [2.75, 3.05) is 0 Å². The van der Waals surface area contributed by atoms with Crippen molar-refractivity contribution in [3.05, 3.63) is 194 Å². The number of rotatable bonds is 7. The van der Waals surface area contributed by atoms with E-state index in [9.17, 15) is 0 Å². The Morgan fingerprint density at radius 3 is 1.61 bits per heavy atom. The number of nitrogens with zero attached hydrogens (tertiary/aromatic N) is 3. The maximum Gasteiger partial charge on any atom is 0.136 e. The zero-order valence-electron chi connectivity index (χ0n) is 34.6. The van der Waals surface area contributed by atoms with Crippen LogP contribution in [-0.4, -0.2) is 23.0 Å². The molecule has 0 spiro atoms. The van der Waals surface area contributed by atoms with Crippen molar-refractivity contribution in [3.8, 4) is 44.9 Å². The van der Waals surface area contributed by atoms with Crippen molar-refractivity contribution in [2.24, 2.45) is 5.92 Å². The van der Waals surface area contributed by atoms with Crippen LogP contribution in [0.25, 0.3) is 66.8 Å². The Kier molecular flexibility index (Phi) is 14.4. The summed E-state index contributed by atoms with van der Waals surface area (Å²) in [6.45, 7) is 13.8. The second kappa shape index (κ2) is 19.8. The maximum absolute atomic E-state index is 6.18. The predicted octanol–water partition coefficient (Wildman–Crippen LogP) is 14.1. The van der Waals surface area contributed by atoms with E-state index in [0.717, 1.165) is 50.1 Å². The minimum Gasteiger partial charge on any atom is -0.456 e. The fourth-order valence-corrected chi connectivity index (χ4v) is 7.81. The molecule has 9 rings (SSSR count). The Morgan fingerprint density at radius 1 is 0.441 bits per heavy atom. The van der Waals surface area contributed by atoms with Gasteiger partial charge in [-0.2, -0.15) is 0 Å². The minimum atomic E-state index is -1.22. The van der Waals surface area contributed by atoms with E-state index in [2.05, 4.69) is 165 Å². The Labute approximate surface area is 363 Å². The van der Waals surface area contributed by atoms with Gasteiger partial charge >= 0.3 is 0 Å². The third kappa shape index (κ3) is 10.8. The zero-order chi connectivity index (χ0) is 40.5. The second-order valence-electron chi connectivity index (χ2n) is 16.0. The summed E-state index contributed by atoms with van der Waals surface area (Å²) in [5.41, 5.74) is 12.1. The topological polar surface area (TPSA) is 51.8 Å². The SMILES string of the molecule is CC(C)C(C)c1ccnc(-c2ccc3oc4cc(-c5ccccc5)ccc4c3c2)c1.C[Si](C)(C)c1ccc(-c2ccccc2)nc1.[Ir].c1ccc(-c2ccccn2)cc1. The molecule has 59 heavy (non-hydrogen) atoms. The standard InChI is InChI=1S/C28H25NO.C14H17NSi.C11H9N.Ir/c1-18(2)19(3)21-13-14-29-26(16-21)23-10-12-27-25(15-23)24-11-9-22(17-28(24)30-27)20-7-5-4-6-8-20;1-16(2,3)13-9-10-14(15-11-13)12-7-5-4-6-8-12;1-2-6-10(7-3-1)11-8-4-5-9-12-11;/h4-19H,1-3H3;4-11H,1-3H3;1-9H;. The average Bonchev–Trinajstić information content (AvgIpc) is 3.65. The van der Waals surface area contributed by atoms with Gasteiger partial charge in [0.05, 0.1) is 25.2 Å². The summed E-state index contributed by atoms with van der Waals surface area (Å²) < 4.78 is 6.18. The molecule has 4 heterocycles. The molecule has 1 radical (unpaired) electrons. The minimum absolute atomic E-state index is 0. The molecule has 1 atom stereocenters. The van der Waals surface area contributed by atoms with Crippen LogP contribution in [0.3, 0.4) is 0 Å². The summed E-state index contributed by atoms with van der Waals surface area (Å²) in [5, 5.41) is 3.68. The van der Waals surface area contributed by atoms with Crippen molar-refractivity contribution in [3.63, 3.8) is 0 Å². The summed E-state index contributed by atoms with van der Waals surface area (Å²) in [6.07, 6.45) is 5.77. The Hall–Kier alpha value is -5.78. The first-order valence-corrected chi connectivity index (χ1v) is 23.6. The molecular weight excluding hydrogens is 915 g/mol. The molecule has 0 saturated carbocycles. The van der Waals surface area contributed by atoms with E-state index in [1.54, 1.807) is 0 Å². The number of hydrogen-bond donors (Lipinski definition) is 0. The monoisotopic (exact) mass is 966 g/mol. The number of aromatic nitrogens is 3. The van der Waals surface area contributed by atoms with E-state index in [-0.39, 0.29) is 20.1 Å². The molecule has 4 nitrogen and oxygen atoms in total. The Bertz CT molecular complexity index is 2640. The number of pyridine rings is 3. The van der Waals surface area contributed by atoms with Gasteiger partial charge in [-0.25, -0.2) is 0 Å². The van der Waals surface area contributed by atoms with Crippen molar-refractivity contribution in [1.29, 1.82) is 0 Å². The molecule has 0 aliphatic heterocycles. The molecule has 6 heteroatoms. The molecule has 0 bridgehead atoms. The normalized spacial score (nSPS) is 11.5. The van der Waals surface area contributed by atoms with Gasteiger partial charge in [0.1, 0.15) is 11.2 Å². The predicted molar refractivity (Wildman–Crippen MR) is 248 cm³/mol. The van der Waals surface area contributed by atoms with Crippen LogP contribution in [0.5, 0.6) is 0 Å². The van der Waals surface area contributed by atoms with E-state index < -0.39 is 8.07 Å². The molecule has 0 N–H and O–H groups in total. The molecule has 4 aromatic heterocycles. The first-order valence-electron chi connectivity index (χ1n) is 20.1. The summed E-state index contributed by atoms with van der Waals surface area (Å²) in [4.78, 5) is 13.4. The number of benzene rings is 5. The largest absolute Gasteiger partial charge is 0.456 e. The molecule has 0 aliphatic rings. The van der Waals surface area contributed by atoms with Crippen molar-refractivity contribution in [2.45, 2.75) is 46.3 Å². The van der Waals surface area contributed by atoms with Crippen LogP contribution in [-0.2, 0) is 20.1 Å². The summed E-state index contributed by atoms with van der Waals surface area (Å²) in [5.74, 6) is 1.10. The molecule has 5 aromatic carbocycles. The van der Waals surface area contributed by atoms with Crippen LogP contribution in [0.2, 0.25) is 19.6 Å². The van der Waals surface area contributed by atoms with Gasteiger partial charge in [-0.1, -0.05) is 150 Å². The number of furan rings is 1. The molecule has 0 fully saturated rings. The van der Waals surface area contributed by atoms with Crippen LogP contribution in [0.4, 0.5) is 0 Å². The van der Waals surface area contributed by atoms with Crippen LogP contribution in [0, 0.1) is 5.92 Å². The van der Waals surface area contributed by atoms with Gasteiger partial charge in [-0.3, -0.25) is 15.0 Å². The van der Waals surface area contributed by atoms with Gasteiger partial charge in [0.2, 0.25) is 0 Å². The second-order valence-corrected chi connectivity index (χ2v) is 21.1. The summed E-state index contributed by atoms with van der Waals surface area (Å²) in [7, 11) is -1.22. The Balaban J connectivity index is 0.000000169. The summed E-state index contributed by atoms with van der Waals surface area (Å²) in [6, 6.07) is 58.3. The third-order valence-corrected chi connectivity index (χ3v) is 12.6. The van der Waals surface area contributed by atoms with Gasteiger partial charge in [-0.05, 0) is 94.4 Å². The van der Waals surface area contributed by atoms with E-state index in [1.165, 1.54) is 27.4 Å². The smallest absolute Gasteiger partial charge is 0.136 e. The number of fused-ring (bicyclic) bond motifs is 3. The molecule has 1 unspecified atom stereocenters. The first kappa shape index (κ1) is 42.8. The summed E-state index contributed by atoms with van der Waals surface area (Å²) >= 11 is 0. The number of hydrogen-bond acceptors (Lipinski definition) is 4. The average molecular weight is 966 g/mol. The third-order valence-electron chi connectivity index (χ3n) is 10.6. The van der Waals surface area contributed by atoms with E-state index in [4.69, 9.17) is 4.42 Å².